The van der Waals surface area contributed by atoms with Crippen molar-refractivity contribution in [2.24, 2.45) is 0 Å². The fraction of sp³-hybridized carbons (Fsp3) is 0.826. The van der Waals surface area contributed by atoms with Gasteiger partial charge in [0.2, 0.25) is 0 Å². The van der Waals surface area contributed by atoms with Crippen molar-refractivity contribution < 1.29 is 38.9 Å². The van der Waals surface area contributed by atoms with Crippen LogP contribution in [0.15, 0.2) is 0 Å². The van der Waals surface area contributed by atoms with E-state index in [-0.39, 0.29) is 38.0 Å². The van der Waals surface area contributed by atoms with Gasteiger partial charge in [-0.05, 0) is 32.1 Å². The zero-order valence-electron chi connectivity index (χ0n) is 18.7. The van der Waals surface area contributed by atoms with Crippen molar-refractivity contribution in [3.8, 4) is 0 Å². The SMILES string of the molecule is O=C([O-])CCCCCCCCC(=O)OCCCOC(=O)CCCCCCCCC(=O)O. The zero-order valence-corrected chi connectivity index (χ0v) is 18.7. The van der Waals surface area contributed by atoms with Crippen LogP contribution in [0.1, 0.15) is 109 Å². The summed E-state index contributed by atoms with van der Waals surface area (Å²) in [5.74, 6) is -2.24. The zero-order chi connectivity index (χ0) is 23.2. The first-order valence-electron chi connectivity index (χ1n) is 11.6. The lowest BCUT2D eigenvalue weighted by Gasteiger charge is -2.07. The van der Waals surface area contributed by atoms with Gasteiger partial charge in [-0.2, -0.15) is 0 Å². The van der Waals surface area contributed by atoms with Crippen LogP contribution >= 0.6 is 0 Å². The van der Waals surface area contributed by atoms with Crippen molar-refractivity contribution in [3.63, 3.8) is 0 Å². The second-order valence-corrected chi connectivity index (χ2v) is 7.80. The number of ether oxygens (including phenoxy) is 2. The average Bonchev–Trinajstić information content (AvgIpc) is 2.71. The lowest BCUT2D eigenvalue weighted by molar-refractivity contribution is -0.305. The molecule has 0 radical (unpaired) electrons. The number of carboxylic acid groups (broad SMARTS) is 2. The molecule has 0 saturated heterocycles. The molecular formula is C23H39O8-. The average molecular weight is 444 g/mol. The molecule has 0 bridgehead atoms. The van der Waals surface area contributed by atoms with Gasteiger partial charge in [-0.25, -0.2) is 0 Å². The highest BCUT2D eigenvalue weighted by atomic mass is 16.5. The van der Waals surface area contributed by atoms with Crippen LogP contribution in [-0.2, 0) is 28.7 Å². The number of hydrogen-bond acceptors (Lipinski definition) is 7. The van der Waals surface area contributed by atoms with E-state index < -0.39 is 11.9 Å². The van der Waals surface area contributed by atoms with Crippen LogP contribution in [0, 0.1) is 0 Å². The van der Waals surface area contributed by atoms with Gasteiger partial charge in [0.25, 0.3) is 0 Å². The highest BCUT2D eigenvalue weighted by Crippen LogP contribution is 2.10. The summed E-state index contributed by atoms with van der Waals surface area (Å²) in [4.78, 5) is 43.9. The van der Waals surface area contributed by atoms with Gasteiger partial charge in [0, 0.05) is 31.7 Å². The number of rotatable bonds is 22. The number of esters is 2. The molecule has 0 heterocycles. The summed E-state index contributed by atoms with van der Waals surface area (Å²) in [5, 5.41) is 18.8. The Hall–Kier alpha value is -2.12. The molecule has 0 rings (SSSR count). The Kier molecular flexibility index (Phi) is 19.7. The van der Waals surface area contributed by atoms with Gasteiger partial charge < -0.3 is 24.5 Å². The minimum absolute atomic E-state index is 0.110. The summed E-state index contributed by atoms with van der Waals surface area (Å²) in [6.45, 7) is 0.485. The third kappa shape index (κ3) is 24.0. The van der Waals surface area contributed by atoms with Crippen molar-refractivity contribution in [2.45, 2.75) is 109 Å². The van der Waals surface area contributed by atoms with Crippen LogP contribution in [0.4, 0.5) is 0 Å². The topological polar surface area (TPSA) is 130 Å². The molecule has 0 unspecified atom stereocenters. The van der Waals surface area contributed by atoms with Gasteiger partial charge in [0.15, 0.2) is 0 Å². The van der Waals surface area contributed by atoms with Crippen LogP contribution in [0.25, 0.3) is 0 Å². The van der Waals surface area contributed by atoms with Crippen molar-refractivity contribution >= 4 is 23.9 Å². The molecular weight excluding hydrogens is 404 g/mol. The molecule has 0 spiro atoms. The van der Waals surface area contributed by atoms with E-state index in [0.717, 1.165) is 64.2 Å². The van der Waals surface area contributed by atoms with E-state index in [1.807, 2.05) is 0 Å². The molecule has 0 fully saturated rings. The second kappa shape index (κ2) is 21.1. The second-order valence-electron chi connectivity index (χ2n) is 7.80. The van der Waals surface area contributed by atoms with Crippen molar-refractivity contribution in [1.29, 1.82) is 0 Å². The monoisotopic (exact) mass is 443 g/mol. The summed E-state index contributed by atoms with van der Waals surface area (Å²) in [6, 6.07) is 0. The summed E-state index contributed by atoms with van der Waals surface area (Å²) in [7, 11) is 0. The van der Waals surface area contributed by atoms with E-state index in [1.165, 1.54) is 0 Å². The minimum Gasteiger partial charge on any atom is -0.550 e. The van der Waals surface area contributed by atoms with Gasteiger partial charge in [0.05, 0.1) is 13.2 Å². The number of aliphatic carboxylic acids is 2. The van der Waals surface area contributed by atoms with Crippen LogP contribution in [0.2, 0.25) is 0 Å². The van der Waals surface area contributed by atoms with E-state index in [0.29, 0.717) is 32.1 Å². The maximum atomic E-state index is 11.6. The van der Waals surface area contributed by atoms with Gasteiger partial charge >= 0.3 is 17.9 Å². The highest BCUT2D eigenvalue weighted by Gasteiger charge is 2.05. The summed E-state index contributed by atoms with van der Waals surface area (Å²) in [5.41, 5.74) is 0. The van der Waals surface area contributed by atoms with Crippen molar-refractivity contribution in [1.82, 2.24) is 0 Å². The Morgan fingerprint density at radius 2 is 0.871 bits per heavy atom. The van der Waals surface area contributed by atoms with E-state index in [2.05, 4.69) is 0 Å². The predicted molar refractivity (Wildman–Crippen MR) is 113 cm³/mol. The van der Waals surface area contributed by atoms with Crippen LogP contribution in [0.5, 0.6) is 0 Å². The number of hydrogen-bond donors (Lipinski definition) is 1. The number of unbranched alkanes of at least 4 members (excludes halogenated alkanes) is 10. The number of carbonyl (C=O) groups is 4. The standard InChI is InChI=1S/C23H40O8/c24-20(25)14-9-5-1-3-7-11-16-22(28)30-18-13-19-31-23(29)17-12-8-4-2-6-10-15-21(26)27/h1-19H2,(H,24,25)(H,26,27)/p-1. The molecule has 8 nitrogen and oxygen atoms in total. The largest absolute Gasteiger partial charge is 0.550 e. The Balaban J connectivity index is 3.33. The molecule has 0 aliphatic heterocycles. The Bertz CT molecular complexity index is 460. The first-order valence-corrected chi connectivity index (χ1v) is 11.6. The summed E-state index contributed by atoms with van der Waals surface area (Å²) in [6.07, 6.45) is 12.0. The van der Waals surface area contributed by atoms with Crippen molar-refractivity contribution in [2.75, 3.05) is 13.2 Å². The van der Waals surface area contributed by atoms with Gasteiger partial charge in [-0.1, -0.05) is 51.4 Å². The molecule has 8 heteroatoms. The molecule has 0 amide bonds. The fourth-order valence-electron chi connectivity index (χ4n) is 3.07. The lowest BCUT2D eigenvalue weighted by Crippen LogP contribution is -2.21. The fourth-order valence-corrected chi connectivity index (χ4v) is 3.07. The molecule has 0 aromatic rings. The molecule has 0 aliphatic carbocycles. The van der Waals surface area contributed by atoms with Gasteiger partial charge in [-0.3, -0.25) is 14.4 Å². The first kappa shape index (κ1) is 28.9. The first-order chi connectivity index (χ1) is 14.9. The molecule has 0 aromatic heterocycles. The highest BCUT2D eigenvalue weighted by molar-refractivity contribution is 5.69. The third-order valence-electron chi connectivity index (χ3n) is 4.85. The van der Waals surface area contributed by atoms with Crippen LogP contribution < -0.4 is 5.11 Å². The molecule has 0 aromatic carbocycles. The quantitative estimate of drug-likeness (QED) is 0.199. The van der Waals surface area contributed by atoms with Gasteiger partial charge in [0.1, 0.15) is 0 Å². The summed E-state index contributed by atoms with van der Waals surface area (Å²) < 4.78 is 10.2. The molecule has 0 atom stereocenters. The predicted octanol–water partition coefficient (Wildman–Crippen LogP) is 3.54. The van der Waals surface area contributed by atoms with E-state index in [4.69, 9.17) is 14.6 Å². The third-order valence-corrected chi connectivity index (χ3v) is 4.85. The molecule has 0 aliphatic rings. The maximum absolute atomic E-state index is 11.6. The van der Waals surface area contributed by atoms with Crippen molar-refractivity contribution in [3.05, 3.63) is 0 Å². The van der Waals surface area contributed by atoms with E-state index in [1.54, 1.807) is 0 Å². The molecule has 1 N–H and O–H groups in total. The summed E-state index contributed by atoms with van der Waals surface area (Å²) >= 11 is 0. The smallest absolute Gasteiger partial charge is 0.305 e. The van der Waals surface area contributed by atoms with Gasteiger partial charge in [-0.15, -0.1) is 0 Å². The Morgan fingerprint density at radius 1 is 0.516 bits per heavy atom. The van der Waals surface area contributed by atoms with Crippen LogP contribution in [0.3, 0.4) is 0 Å². The number of carbonyl (C=O) groups excluding carboxylic acids is 3. The maximum Gasteiger partial charge on any atom is 0.305 e. The Morgan fingerprint density at radius 3 is 1.26 bits per heavy atom. The molecule has 180 valence electrons. The molecule has 0 saturated carbocycles. The van der Waals surface area contributed by atoms with E-state index >= 15 is 0 Å². The van der Waals surface area contributed by atoms with Crippen LogP contribution in [-0.4, -0.2) is 42.2 Å². The lowest BCUT2D eigenvalue weighted by atomic mass is 10.1. The Labute approximate surface area is 185 Å². The minimum atomic E-state index is -1.00. The molecule has 31 heavy (non-hydrogen) atoms. The normalized spacial score (nSPS) is 10.6. The number of carboxylic acids is 2. The van der Waals surface area contributed by atoms with E-state index in [9.17, 15) is 24.3 Å².